The highest BCUT2D eigenvalue weighted by atomic mass is 35.5. The van der Waals surface area contributed by atoms with Gasteiger partial charge in [0.05, 0.1) is 6.54 Å². The Balaban J connectivity index is 0.00000289. The second-order valence-corrected chi connectivity index (χ2v) is 3.86. The van der Waals surface area contributed by atoms with Crippen molar-refractivity contribution < 1.29 is 9.59 Å². The number of carbonyl (C=O) groups is 2. The van der Waals surface area contributed by atoms with Gasteiger partial charge in [-0.05, 0) is 25.2 Å². The summed E-state index contributed by atoms with van der Waals surface area (Å²) in [6, 6.07) is 6.87. The molecule has 0 aliphatic carbocycles. The number of amides is 2. The van der Waals surface area contributed by atoms with E-state index >= 15 is 0 Å². The molecule has 18 heavy (non-hydrogen) atoms. The summed E-state index contributed by atoms with van der Waals surface area (Å²) in [6.45, 7) is 0.242. The predicted octanol–water partition coefficient (Wildman–Crippen LogP) is 0.968. The molecule has 0 unspecified atom stereocenters. The van der Waals surface area contributed by atoms with E-state index in [1.165, 1.54) is 4.90 Å². The van der Waals surface area contributed by atoms with Gasteiger partial charge in [0.25, 0.3) is 5.91 Å². The number of anilines is 1. The highest BCUT2D eigenvalue weighted by molar-refractivity contribution is 5.97. The molecule has 2 N–H and O–H groups in total. The third kappa shape index (κ3) is 4.73. The van der Waals surface area contributed by atoms with Gasteiger partial charge in [0.2, 0.25) is 5.91 Å². The fourth-order valence-electron chi connectivity index (χ4n) is 1.35. The first kappa shape index (κ1) is 16.4. The van der Waals surface area contributed by atoms with E-state index in [-0.39, 0.29) is 30.8 Å². The van der Waals surface area contributed by atoms with E-state index in [9.17, 15) is 9.59 Å². The molecule has 2 amide bonds. The van der Waals surface area contributed by atoms with Gasteiger partial charge in [0.1, 0.15) is 0 Å². The molecule has 0 spiro atoms. The Morgan fingerprint density at radius 1 is 1.28 bits per heavy atom. The average Bonchev–Trinajstić information content (AvgIpc) is 2.28. The van der Waals surface area contributed by atoms with Crippen molar-refractivity contribution in [1.82, 2.24) is 10.2 Å². The van der Waals surface area contributed by atoms with Crippen molar-refractivity contribution in [2.45, 2.75) is 0 Å². The van der Waals surface area contributed by atoms with Crippen LogP contribution in [-0.2, 0) is 4.79 Å². The van der Waals surface area contributed by atoms with Crippen molar-refractivity contribution in [1.29, 1.82) is 0 Å². The number of likely N-dealkylation sites (N-methyl/N-ethyl adjacent to an activating group) is 1. The van der Waals surface area contributed by atoms with E-state index in [0.29, 0.717) is 11.3 Å². The lowest BCUT2D eigenvalue weighted by atomic mass is 10.2. The molecule has 0 aromatic heterocycles. The van der Waals surface area contributed by atoms with Crippen molar-refractivity contribution in [3.63, 3.8) is 0 Å². The Hall–Kier alpha value is -1.59. The second-order valence-electron chi connectivity index (χ2n) is 3.86. The summed E-state index contributed by atoms with van der Waals surface area (Å²) in [6.07, 6.45) is 0. The van der Waals surface area contributed by atoms with E-state index in [4.69, 9.17) is 0 Å². The van der Waals surface area contributed by atoms with Gasteiger partial charge in [-0.2, -0.15) is 0 Å². The third-order valence-electron chi connectivity index (χ3n) is 2.14. The van der Waals surface area contributed by atoms with E-state index in [1.807, 2.05) is 0 Å². The maximum atomic E-state index is 11.7. The molecule has 1 aromatic carbocycles. The van der Waals surface area contributed by atoms with Gasteiger partial charge in [-0.25, -0.2) is 0 Å². The Morgan fingerprint density at radius 2 is 1.94 bits per heavy atom. The van der Waals surface area contributed by atoms with Gasteiger partial charge in [-0.3, -0.25) is 9.59 Å². The summed E-state index contributed by atoms with van der Waals surface area (Å²) in [5.74, 6) is -0.225. The van der Waals surface area contributed by atoms with Gasteiger partial charge in [-0.15, -0.1) is 12.4 Å². The van der Waals surface area contributed by atoms with E-state index < -0.39 is 0 Å². The highest BCUT2D eigenvalue weighted by Gasteiger charge is 2.08. The van der Waals surface area contributed by atoms with E-state index in [2.05, 4.69) is 10.6 Å². The van der Waals surface area contributed by atoms with Crippen LogP contribution in [0.4, 0.5) is 5.69 Å². The largest absolute Gasteiger partial charge is 0.345 e. The van der Waals surface area contributed by atoms with Crippen LogP contribution < -0.4 is 10.6 Å². The maximum Gasteiger partial charge on any atom is 0.253 e. The Labute approximate surface area is 113 Å². The molecule has 0 aliphatic heterocycles. The number of hydrogen-bond acceptors (Lipinski definition) is 3. The molecule has 0 saturated heterocycles. The van der Waals surface area contributed by atoms with Crippen LogP contribution >= 0.6 is 12.4 Å². The first-order valence-electron chi connectivity index (χ1n) is 5.30. The van der Waals surface area contributed by atoms with Gasteiger partial charge < -0.3 is 15.5 Å². The quantitative estimate of drug-likeness (QED) is 0.858. The SMILES string of the molecule is CNCC(=O)Nc1cccc(C(=O)N(C)C)c1.Cl. The fourth-order valence-corrected chi connectivity index (χ4v) is 1.35. The molecule has 6 heteroatoms. The summed E-state index contributed by atoms with van der Waals surface area (Å²) in [5.41, 5.74) is 1.18. The van der Waals surface area contributed by atoms with Crippen molar-refractivity contribution in [3.8, 4) is 0 Å². The fraction of sp³-hybridized carbons (Fsp3) is 0.333. The van der Waals surface area contributed by atoms with E-state index in [1.54, 1.807) is 45.4 Å². The molecule has 0 bridgehead atoms. The molecular formula is C12H18ClN3O2. The highest BCUT2D eigenvalue weighted by Crippen LogP contribution is 2.11. The molecule has 100 valence electrons. The van der Waals surface area contributed by atoms with Crippen LogP contribution in [0.15, 0.2) is 24.3 Å². The molecule has 0 heterocycles. The molecule has 0 atom stereocenters. The molecule has 0 radical (unpaired) electrons. The summed E-state index contributed by atoms with van der Waals surface area (Å²) in [4.78, 5) is 24.6. The number of nitrogens with zero attached hydrogens (tertiary/aromatic N) is 1. The minimum Gasteiger partial charge on any atom is -0.345 e. The molecule has 1 aromatic rings. The number of carbonyl (C=O) groups excluding carboxylic acids is 2. The molecule has 0 fully saturated rings. The molecule has 0 saturated carbocycles. The van der Waals surface area contributed by atoms with Crippen LogP contribution in [0.5, 0.6) is 0 Å². The first-order chi connectivity index (χ1) is 8.04. The van der Waals surface area contributed by atoms with E-state index in [0.717, 1.165) is 0 Å². The first-order valence-corrected chi connectivity index (χ1v) is 5.30. The molecular weight excluding hydrogens is 254 g/mol. The molecule has 1 rings (SSSR count). The van der Waals surface area contributed by atoms with Crippen LogP contribution in [0.3, 0.4) is 0 Å². The normalized spacial score (nSPS) is 9.28. The lowest BCUT2D eigenvalue weighted by Gasteiger charge is -2.11. The second kappa shape index (κ2) is 7.68. The average molecular weight is 272 g/mol. The zero-order valence-corrected chi connectivity index (χ0v) is 11.5. The number of benzene rings is 1. The zero-order chi connectivity index (χ0) is 12.8. The number of nitrogens with one attached hydrogen (secondary N) is 2. The topological polar surface area (TPSA) is 61.4 Å². The van der Waals surface area contributed by atoms with Gasteiger partial charge in [0.15, 0.2) is 0 Å². The van der Waals surface area contributed by atoms with Crippen molar-refractivity contribution in [2.75, 3.05) is 33.0 Å². The summed E-state index contributed by atoms with van der Waals surface area (Å²) >= 11 is 0. The van der Waals surface area contributed by atoms with Crippen molar-refractivity contribution in [2.24, 2.45) is 0 Å². The molecule has 5 nitrogen and oxygen atoms in total. The maximum absolute atomic E-state index is 11.7. The van der Waals surface area contributed by atoms with Crippen molar-refractivity contribution >= 4 is 29.9 Å². The van der Waals surface area contributed by atoms with Gasteiger partial charge >= 0.3 is 0 Å². The number of halogens is 1. The van der Waals surface area contributed by atoms with Crippen LogP contribution in [0.2, 0.25) is 0 Å². The lowest BCUT2D eigenvalue weighted by molar-refractivity contribution is -0.115. The predicted molar refractivity (Wildman–Crippen MR) is 74.3 cm³/mol. The van der Waals surface area contributed by atoms with Crippen LogP contribution in [0.1, 0.15) is 10.4 Å². The monoisotopic (exact) mass is 271 g/mol. The Bertz CT molecular complexity index is 422. The number of hydrogen-bond donors (Lipinski definition) is 2. The minimum atomic E-state index is -0.137. The van der Waals surface area contributed by atoms with Crippen LogP contribution in [0, 0.1) is 0 Å². The molecule has 0 aliphatic rings. The standard InChI is InChI=1S/C12H17N3O2.ClH/c1-13-8-11(16)14-10-6-4-5-9(7-10)12(17)15(2)3;/h4-7,13H,8H2,1-3H3,(H,14,16);1H. The van der Waals surface area contributed by atoms with Gasteiger partial charge in [0, 0.05) is 25.3 Å². The van der Waals surface area contributed by atoms with Gasteiger partial charge in [-0.1, -0.05) is 6.07 Å². The Kier molecular flexibility index (Phi) is 7.00. The third-order valence-corrected chi connectivity index (χ3v) is 2.14. The van der Waals surface area contributed by atoms with Crippen molar-refractivity contribution in [3.05, 3.63) is 29.8 Å². The van der Waals surface area contributed by atoms with Crippen LogP contribution in [-0.4, -0.2) is 44.4 Å². The summed E-state index contributed by atoms with van der Waals surface area (Å²) in [5, 5.41) is 5.46. The Morgan fingerprint density at radius 3 is 2.50 bits per heavy atom. The summed E-state index contributed by atoms with van der Waals surface area (Å²) in [7, 11) is 5.08. The zero-order valence-electron chi connectivity index (χ0n) is 10.7. The minimum absolute atomic E-state index is 0. The van der Waals surface area contributed by atoms with Crippen LogP contribution in [0.25, 0.3) is 0 Å². The number of rotatable bonds is 4. The lowest BCUT2D eigenvalue weighted by Crippen LogP contribution is -2.25. The summed E-state index contributed by atoms with van der Waals surface area (Å²) < 4.78 is 0. The smallest absolute Gasteiger partial charge is 0.253 e.